The minimum Gasteiger partial charge on any atom is -0.490 e. The molecule has 1 aliphatic rings. The van der Waals surface area contributed by atoms with Gasteiger partial charge in [-0.2, -0.15) is 0 Å². The largest absolute Gasteiger partial charge is 0.490 e. The van der Waals surface area contributed by atoms with E-state index in [9.17, 15) is 5.11 Å². The summed E-state index contributed by atoms with van der Waals surface area (Å²) >= 11 is 3.44. The Morgan fingerprint density at radius 2 is 1.95 bits per heavy atom. The van der Waals surface area contributed by atoms with Crippen LogP contribution >= 0.6 is 15.9 Å². The number of aliphatic hydroxyl groups excluding tert-OH is 1. The predicted octanol–water partition coefficient (Wildman–Crippen LogP) is 3.17. The number of halogens is 1. The van der Waals surface area contributed by atoms with Crippen molar-refractivity contribution in [1.29, 1.82) is 0 Å². The van der Waals surface area contributed by atoms with Gasteiger partial charge >= 0.3 is 0 Å². The van der Waals surface area contributed by atoms with Crippen molar-refractivity contribution in [3.63, 3.8) is 0 Å². The quantitative estimate of drug-likeness (QED) is 0.892. The molecule has 1 saturated heterocycles. The molecule has 0 aliphatic carbocycles. The molecule has 4 heteroatoms. The average Bonchev–Trinajstić information content (AvgIpc) is 2.36. The van der Waals surface area contributed by atoms with Gasteiger partial charge in [-0.25, -0.2) is 0 Å². The molecule has 3 nitrogen and oxygen atoms in total. The number of nitrogens with zero attached hydrogens (tertiary/aromatic N) is 1. The molecule has 0 saturated carbocycles. The molecule has 1 fully saturated rings. The lowest BCUT2D eigenvalue weighted by Gasteiger charge is -2.35. The molecular weight excluding hydrogens is 318 g/mol. The molecule has 1 aromatic rings. The summed E-state index contributed by atoms with van der Waals surface area (Å²) in [7, 11) is 0. The number of ether oxygens (including phenoxy) is 1. The Morgan fingerprint density at radius 3 is 2.60 bits per heavy atom. The van der Waals surface area contributed by atoms with Gasteiger partial charge in [0.2, 0.25) is 0 Å². The third-order valence-corrected chi connectivity index (χ3v) is 4.34. The highest BCUT2D eigenvalue weighted by Gasteiger charge is 2.23. The number of para-hydroxylation sites is 1. The van der Waals surface area contributed by atoms with Crippen LogP contribution in [0.5, 0.6) is 5.75 Å². The number of rotatable bonds is 5. The summed E-state index contributed by atoms with van der Waals surface area (Å²) in [4.78, 5) is 2.35. The minimum atomic E-state index is -0.445. The summed E-state index contributed by atoms with van der Waals surface area (Å²) in [6, 6.07) is 7.72. The van der Waals surface area contributed by atoms with E-state index in [-0.39, 0.29) is 0 Å². The first-order valence-corrected chi connectivity index (χ1v) is 8.11. The van der Waals surface area contributed by atoms with E-state index >= 15 is 0 Å². The van der Waals surface area contributed by atoms with Crippen LogP contribution < -0.4 is 4.74 Å². The van der Waals surface area contributed by atoms with Crippen LogP contribution in [-0.4, -0.2) is 42.4 Å². The van der Waals surface area contributed by atoms with Crippen LogP contribution in [0.15, 0.2) is 28.7 Å². The van der Waals surface area contributed by atoms with Crippen LogP contribution in [0, 0.1) is 11.8 Å². The summed E-state index contributed by atoms with van der Waals surface area (Å²) < 4.78 is 6.59. The SMILES string of the molecule is CC1CC(C)CN(CC(O)COc2ccccc2Br)C1. The molecule has 1 heterocycles. The maximum absolute atomic E-state index is 10.1. The van der Waals surface area contributed by atoms with Gasteiger partial charge in [-0.3, -0.25) is 0 Å². The Bertz CT molecular complexity index is 417. The van der Waals surface area contributed by atoms with Crippen LogP contribution in [0.1, 0.15) is 20.3 Å². The Balaban J connectivity index is 1.78. The lowest BCUT2D eigenvalue weighted by Crippen LogP contribution is -2.44. The highest BCUT2D eigenvalue weighted by atomic mass is 79.9. The summed E-state index contributed by atoms with van der Waals surface area (Å²) in [6.45, 7) is 7.76. The monoisotopic (exact) mass is 341 g/mol. The van der Waals surface area contributed by atoms with E-state index in [0.29, 0.717) is 13.2 Å². The zero-order valence-electron chi connectivity index (χ0n) is 12.3. The number of piperidine rings is 1. The number of β-amino-alcohol motifs (C(OH)–C–C–N with tert-alkyl or cyclic N) is 1. The van der Waals surface area contributed by atoms with Crippen molar-refractivity contribution in [3.05, 3.63) is 28.7 Å². The summed E-state index contributed by atoms with van der Waals surface area (Å²) in [5, 5.41) is 10.1. The van der Waals surface area contributed by atoms with Crippen LogP contribution in [0.2, 0.25) is 0 Å². The first-order chi connectivity index (χ1) is 9.54. The normalized spacial score (nSPS) is 25.4. The summed E-state index contributed by atoms with van der Waals surface area (Å²) in [5.41, 5.74) is 0. The van der Waals surface area contributed by atoms with Crippen molar-refractivity contribution in [2.24, 2.45) is 11.8 Å². The van der Waals surface area contributed by atoms with Gasteiger partial charge in [0.05, 0.1) is 4.47 Å². The number of likely N-dealkylation sites (tertiary alicyclic amines) is 1. The van der Waals surface area contributed by atoms with Gasteiger partial charge in [0, 0.05) is 19.6 Å². The highest BCUT2D eigenvalue weighted by molar-refractivity contribution is 9.10. The second-order valence-corrected chi connectivity index (χ2v) is 6.91. The molecule has 112 valence electrons. The molecule has 3 atom stereocenters. The van der Waals surface area contributed by atoms with Gasteiger partial charge in [0.25, 0.3) is 0 Å². The van der Waals surface area contributed by atoms with Crippen LogP contribution in [-0.2, 0) is 0 Å². The molecule has 1 N–H and O–H groups in total. The lowest BCUT2D eigenvalue weighted by molar-refractivity contribution is 0.0427. The zero-order chi connectivity index (χ0) is 14.5. The molecule has 20 heavy (non-hydrogen) atoms. The molecule has 1 aromatic carbocycles. The number of benzene rings is 1. The van der Waals surface area contributed by atoms with Crippen LogP contribution in [0.3, 0.4) is 0 Å². The minimum absolute atomic E-state index is 0.335. The van der Waals surface area contributed by atoms with E-state index in [0.717, 1.165) is 35.1 Å². The molecule has 0 spiro atoms. The van der Waals surface area contributed by atoms with Crippen LogP contribution in [0.4, 0.5) is 0 Å². The average molecular weight is 342 g/mol. The van der Waals surface area contributed by atoms with Crippen molar-refractivity contribution < 1.29 is 9.84 Å². The van der Waals surface area contributed by atoms with Crippen molar-refractivity contribution in [1.82, 2.24) is 4.90 Å². The Kier molecular flexibility index (Phi) is 5.87. The topological polar surface area (TPSA) is 32.7 Å². The molecular formula is C16H24BrNO2. The standard InChI is InChI=1S/C16H24BrNO2/c1-12-7-13(2)9-18(8-12)10-14(19)11-20-16-6-4-3-5-15(16)17/h3-6,12-14,19H,7-11H2,1-2H3. The van der Waals surface area contributed by atoms with Crippen molar-refractivity contribution in [2.75, 3.05) is 26.2 Å². The maximum atomic E-state index is 10.1. The second-order valence-electron chi connectivity index (χ2n) is 6.06. The third-order valence-electron chi connectivity index (χ3n) is 3.68. The molecule has 3 unspecified atom stereocenters. The van der Waals surface area contributed by atoms with E-state index in [2.05, 4.69) is 34.7 Å². The number of aliphatic hydroxyl groups is 1. The van der Waals surface area contributed by atoms with Crippen molar-refractivity contribution >= 4 is 15.9 Å². The molecule has 0 radical (unpaired) electrons. The van der Waals surface area contributed by atoms with E-state index < -0.39 is 6.10 Å². The first-order valence-electron chi connectivity index (χ1n) is 7.32. The number of hydrogen-bond donors (Lipinski definition) is 1. The van der Waals surface area contributed by atoms with Gasteiger partial charge in [-0.05, 0) is 46.3 Å². The fourth-order valence-electron chi connectivity index (χ4n) is 3.04. The molecule has 0 aromatic heterocycles. The Hall–Kier alpha value is -0.580. The molecule has 0 bridgehead atoms. The van der Waals surface area contributed by atoms with E-state index in [1.165, 1.54) is 6.42 Å². The molecule has 1 aliphatic heterocycles. The van der Waals surface area contributed by atoms with Crippen LogP contribution in [0.25, 0.3) is 0 Å². The second kappa shape index (κ2) is 7.43. The fourth-order valence-corrected chi connectivity index (χ4v) is 3.44. The summed E-state index contributed by atoms with van der Waals surface area (Å²) in [5.74, 6) is 2.22. The van der Waals surface area contributed by atoms with Gasteiger partial charge in [-0.1, -0.05) is 26.0 Å². The molecule has 0 amide bonds. The first kappa shape index (κ1) is 15.8. The van der Waals surface area contributed by atoms with E-state index in [4.69, 9.17) is 4.74 Å². The summed E-state index contributed by atoms with van der Waals surface area (Å²) in [6.07, 6.45) is 0.847. The maximum Gasteiger partial charge on any atom is 0.133 e. The lowest BCUT2D eigenvalue weighted by atomic mass is 9.92. The highest BCUT2D eigenvalue weighted by Crippen LogP contribution is 2.24. The van der Waals surface area contributed by atoms with Gasteiger partial charge < -0.3 is 14.7 Å². The smallest absolute Gasteiger partial charge is 0.133 e. The zero-order valence-corrected chi connectivity index (χ0v) is 13.8. The fraction of sp³-hybridized carbons (Fsp3) is 0.625. The van der Waals surface area contributed by atoms with Crippen molar-refractivity contribution in [3.8, 4) is 5.75 Å². The van der Waals surface area contributed by atoms with Gasteiger partial charge in [-0.15, -0.1) is 0 Å². The Labute approximate surface area is 130 Å². The van der Waals surface area contributed by atoms with E-state index in [1.807, 2.05) is 24.3 Å². The predicted molar refractivity (Wildman–Crippen MR) is 85.0 cm³/mol. The third kappa shape index (κ3) is 4.76. The van der Waals surface area contributed by atoms with E-state index in [1.54, 1.807) is 0 Å². The van der Waals surface area contributed by atoms with Crippen molar-refractivity contribution in [2.45, 2.75) is 26.4 Å². The Morgan fingerprint density at radius 1 is 1.30 bits per heavy atom. The number of hydrogen-bond acceptors (Lipinski definition) is 3. The molecule has 2 rings (SSSR count). The van der Waals surface area contributed by atoms with Gasteiger partial charge in [0.1, 0.15) is 18.5 Å². The van der Waals surface area contributed by atoms with Gasteiger partial charge in [0.15, 0.2) is 0 Å².